The van der Waals surface area contributed by atoms with Crippen molar-refractivity contribution in [3.05, 3.63) is 30.2 Å². The first-order valence-electron chi connectivity index (χ1n) is 6.84. The van der Waals surface area contributed by atoms with Crippen LogP contribution in [0.2, 0.25) is 0 Å². The van der Waals surface area contributed by atoms with Crippen LogP contribution in [-0.4, -0.2) is 26.5 Å². The Kier molecular flexibility index (Phi) is 4.34. The van der Waals surface area contributed by atoms with Crippen LogP contribution in [0.1, 0.15) is 39.1 Å². The van der Waals surface area contributed by atoms with Crippen LogP contribution in [0.25, 0.3) is 5.65 Å². The van der Waals surface area contributed by atoms with Crippen LogP contribution < -0.4 is 11.1 Å². The minimum atomic E-state index is -0.489. The molecule has 20 heavy (non-hydrogen) atoms. The van der Waals surface area contributed by atoms with E-state index in [0.717, 1.165) is 5.65 Å². The van der Waals surface area contributed by atoms with Gasteiger partial charge in [0.15, 0.2) is 11.5 Å². The molecule has 0 radical (unpaired) electrons. The number of nitrogens with two attached hydrogens (primary N) is 1. The summed E-state index contributed by atoms with van der Waals surface area (Å²) in [6.07, 6.45) is 2.54. The molecule has 6 heteroatoms. The number of fused-ring (bicyclic) bond motifs is 1. The molecule has 2 unspecified atom stereocenters. The molecule has 2 aromatic rings. The smallest absolute Gasteiger partial charge is 0.237 e. The summed E-state index contributed by atoms with van der Waals surface area (Å²) in [7, 11) is 0. The molecule has 0 aliphatic carbocycles. The summed E-state index contributed by atoms with van der Waals surface area (Å²) < 4.78 is 1.86. The van der Waals surface area contributed by atoms with Gasteiger partial charge in [-0.25, -0.2) is 0 Å². The third-order valence-corrected chi connectivity index (χ3v) is 3.15. The average molecular weight is 275 g/mol. The molecule has 0 aliphatic heterocycles. The Morgan fingerprint density at radius 2 is 2.10 bits per heavy atom. The number of hydrogen-bond donors (Lipinski definition) is 2. The maximum absolute atomic E-state index is 12.0. The zero-order valence-corrected chi connectivity index (χ0v) is 12.1. The molecule has 0 saturated carbocycles. The summed E-state index contributed by atoms with van der Waals surface area (Å²) in [5.41, 5.74) is 6.64. The number of nitrogens with one attached hydrogen (secondary N) is 1. The highest BCUT2D eigenvalue weighted by Crippen LogP contribution is 2.12. The lowest BCUT2D eigenvalue weighted by molar-refractivity contribution is -0.123. The molecule has 0 bridgehead atoms. The van der Waals surface area contributed by atoms with Crippen LogP contribution in [0.15, 0.2) is 24.4 Å². The fourth-order valence-corrected chi connectivity index (χ4v) is 2.16. The van der Waals surface area contributed by atoms with E-state index in [1.165, 1.54) is 0 Å². The molecule has 3 N–H and O–H groups in total. The van der Waals surface area contributed by atoms with Crippen molar-refractivity contribution in [1.29, 1.82) is 0 Å². The lowest BCUT2D eigenvalue weighted by Gasteiger charge is -2.17. The van der Waals surface area contributed by atoms with Gasteiger partial charge in [0.2, 0.25) is 5.91 Å². The summed E-state index contributed by atoms with van der Waals surface area (Å²) in [6, 6.07) is 4.94. The summed E-state index contributed by atoms with van der Waals surface area (Å²) in [4.78, 5) is 12.0. The Balaban J connectivity index is 2.08. The molecular weight excluding hydrogens is 254 g/mol. The molecule has 108 valence electrons. The lowest BCUT2D eigenvalue weighted by atomic mass is 10.0. The van der Waals surface area contributed by atoms with E-state index in [2.05, 4.69) is 15.5 Å². The van der Waals surface area contributed by atoms with Gasteiger partial charge < -0.3 is 11.1 Å². The molecule has 0 aromatic carbocycles. The number of hydrogen-bond acceptors (Lipinski definition) is 4. The van der Waals surface area contributed by atoms with Crippen LogP contribution in [0.3, 0.4) is 0 Å². The first kappa shape index (κ1) is 14.5. The minimum Gasteiger partial charge on any atom is -0.345 e. The number of carbonyl (C=O) groups excluding carboxylic acids is 1. The van der Waals surface area contributed by atoms with E-state index in [-0.39, 0.29) is 11.9 Å². The van der Waals surface area contributed by atoms with E-state index < -0.39 is 6.04 Å². The van der Waals surface area contributed by atoms with Gasteiger partial charge >= 0.3 is 0 Å². The molecular formula is C14H21N5O. The van der Waals surface area contributed by atoms with Crippen molar-refractivity contribution in [2.75, 3.05) is 0 Å². The predicted octanol–water partition coefficient (Wildman–Crippen LogP) is 1.28. The van der Waals surface area contributed by atoms with Crippen molar-refractivity contribution >= 4 is 11.6 Å². The highest BCUT2D eigenvalue weighted by atomic mass is 16.2. The third-order valence-electron chi connectivity index (χ3n) is 3.15. The maximum atomic E-state index is 12.0. The number of pyridine rings is 1. The number of nitrogens with zero attached hydrogens (tertiary/aromatic N) is 3. The van der Waals surface area contributed by atoms with Gasteiger partial charge in [-0.3, -0.25) is 9.20 Å². The molecule has 0 spiro atoms. The second kappa shape index (κ2) is 6.00. The van der Waals surface area contributed by atoms with Gasteiger partial charge in [-0.15, -0.1) is 10.2 Å². The van der Waals surface area contributed by atoms with Gasteiger partial charge in [0, 0.05) is 6.20 Å². The highest BCUT2D eigenvalue weighted by Gasteiger charge is 2.20. The van der Waals surface area contributed by atoms with Crippen molar-refractivity contribution in [1.82, 2.24) is 19.9 Å². The summed E-state index contributed by atoms with van der Waals surface area (Å²) >= 11 is 0. The Morgan fingerprint density at radius 3 is 2.80 bits per heavy atom. The first-order valence-corrected chi connectivity index (χ1v) is 6.84. The predicted molar refractivity (Wildman–Crippen MR) is 77.0 cm³/mol. The van der Waals surface area contributed by atoms with Crippen LogP contribution in [-0.2, 0) is 4.79 Å². The first-order chi connectivity index (χ1) is 9.49. The largest absolute Gasteiger partial charge is 0.345 e. The zero-order chi connectivity index (χ0) is 14.7. The normalized spacial score (nSPS) is 14.4. The van der Waals surface area contributed by atoms with Crippen LogP contribution in [0.5, 0.6) is 0 Å². The third kappa shape index (κ3) is 3.14. The monoisotopic (exact) mass is 275 g/mol. The van der Waals surface area contributed by atoms with Crippen molar-refractivity contribution in [3.8, 4) is 0 Å². The molecule has 2 aromatic heterocycles. The van der Waals surface area contributed by atoms with Crippen molar-refractivity contribution in [2.45, 2.75) is 39.3 Å². The number of amides is 1. The fraction of sp³-hybridized carbons (Fsp3) is 0.500. The van der Waals surface area contributed by atoms with Gasteiger partial charge in [-0.05, 0) is 31.4 Å². The van der Waals surface area contributed by atoms with E-state index in [1.807, 2.05) is 49.6 Å². The van der Waals surface area contributed by atoms with Crippen LogP contribution in [0.4, 0.5) is 0 Å². The molecule has 6 nitrogen and oxygen atoms in total. The number of aromatic nitrogens is 3. The van der Waals surface area contributed by atoms with Gasteiger partial charge in [-0.1, -0.05) is 19.9 Å². The van der Waals surface area contributed by atoms with Gasteiger partial charge in [-0.2, -0.15) is 0 Å². The van der Waals surface area contributed by atoms with Gasteiger partial charge in [0.25, 0.3) is 0 Å². The zero-order valence-electron chi connectivity index (χ0n) is 12.1. The molecule has 2 rings (SSSR count). The lowest BCUT2D eigenvalue weighted by Crippen LogP contribution is -2.42. The Hall–Kier alpha value is -1.95. The Bertz CT molecular complexity index is 592. The minimum absolute atomic E-state index is 0.154. The quantitative estimate of drug-likeness (QED) is 0.860. The van der Waals surface area contributed by atoms with E-state index in [9.17, 15) is 4.79 Å². The number of carbonyl (C=O) groups is 1. The van der Waals surface area contributed by atoms with E-state index in [0.29, 0.717) is 18.2 Å². The van der Waals surface area contributed by atoms with Crippen molar-refractivity contribution < 1.29 is 4.79 Å². The highest BCUT2D eigenvalue weighted by molar-refractivity contribution is 5.81. The topological polar surface area (TPSA) is 85.3 Å². The summed E-state index contributed by atoms with van der Waals surface area (Å²) in [5.74, 6) is 0.935. The molecule has 0 fully saturated rings. The van der Waals surface area contributed by atoms with Crippen molar-refractivity contribution in [3.63, 3.8) is 0 Å². The second-order valence-electron chi connectivity index (χ2n) is 5.45. The number of rotatable bonds is 5. The Labute approximate surface area is 118 Å². The standard InChI is InChI=1S/C14H21N5O/c1-9(2)8-11(15)14(20)16-10(3)13-18-17-12-6-4-5-7-19(12)13/h4-7,9-11H,8,15H2,1-3H3,(H,16,20). The molecule has 0 saturated heterocycles. The van der Waals surface area contributed by atoms with Crippen LogP contribution >= 0.6 is 0 Å². The Morgan fingerprint density at radius 1 is 1.35 bits per heavy atom. The molecule has 0 aliphatic rings. The second-order valence-corrected chi connectivity index (χ2v) is 5.45. The molecule has 1 amide bonds. The molecule has 2 atom stereocenters. The van der Waals surface area contributed by atoms with Gasteiger partial charge in [0.05, 0.1) is 12.1 Å². The average Bonchev–Trinajstić information content (AvgIpc) is 2.81. The van der Waals surface area contributed by atoms with Crippen molar-refractivity contribution in [2.24, 2.45) is 11.7 Å². The van der Waals surface area contributed by atoms with Crippen LogP contribution in [0, 0.1) is 5.92 Å². The van der Waals surface area contributed by atoms with E-state index >= 15 is 0 Å². The van der Waals surface area contributed by atoms with E-state index in [4.69, 9.17) is 5.73 Å². The van der Waals surface area contributed by atoms with Gasteiger partial charge in [0.1, 0.15) is 0 Å². The van der Waals surface area contributed by atoms with E-state index in [1.54, 1.807) is 0 Å². The molecule has 2 heterocycles. The summed E-state index contributed by atoms with van der Waals surface area (Å²) in [6.45, 7) is 5.97. The summed E-state index contributed by atoms with van der Waals surface area (Å²) in [5, 5.41) is 11.1. The SMILES string of the molecule is CC(C)CC(N)C(=O)NC(C)c1nnc2ccccn12. The maximum Gasteiger partial charge on any atom is 0.237 e. The fourth-order valence-electron chi connectivity index (χ4n) is 2.16.